The monoisotopic (exact) mass is 892 g/mol. The number of carbonyl (C=O) groups excluding carboxylic acids is 4. The van der Waals surface area contributed by atoms with Gasteiger partial charge in [0.1, 0.15) is 23.7 Å². The molecule has 4 fully saturated rings. The molecule has 2 aromatic carbocycles. The molecule has 1 N–H and O–H groups in total. The van der Waals surface area contributed by atoms with Crippen molar-refractivity contribution in [3.8, 4) is 11.6 Å². The third-order valence-corrected chi connectivity index (χ3v) is 16.4. The van der Waals surface area contributed by atoms with Crippen molar-refractivity contribution < 1.29 is 50.6 Å². The van der Waals surface area contributed by atoms with Crippen molar-refractivity contribution in [2.45, 2.75) is 134 Å². The van der Waals surface area contributed by atoms with Crippen LogP contribution in [-0.4, -0.2) is 89.9 Å². The second-order valence-electron chi connectivity index (χ2n) is 19.9. The van der Waals surface area contributed by atoms with Crippen molar-refractivity contribution in [3.05, 3.63) is 59.8 Å². The molecule has 13 nitrogen and oxygen atoms in total. The predicted molar refractivity (Wildman–Crippen MR) is 228 cm³/mol. The lowest BCUT2D eigenvalue weighted by molar-refractivity contribution is -0.154. The van der Waals surface area contributed by atoms with E-state index in [1.54, 1.807) is 19.2 Å². The molecule has 0 unspecified atom stereocenters. The fourth-order valence-corrected chi connectivity index (χ4v) is 11.0. The maximum Gasteiger partial charge on any atom is 0.306 e. The largest absolute Gasteiger partial charge is 0.497 e. The summed E-state index contributed by atoms with van der Waals surface area (Å²) in [5.74, 6) is -5.18. The van der Waals surface area contributed by atoms with Crippen molar-refractivity contribution in [1.29, 1.82) is 0 Å². The number of nitrogens with one attached hydrogen (secondary N) is 1. The number of rotatable bonds is 10. The molecule has 2 amide bonds. The molecule has 3 saturated carbocycles. The molecule has 0 radical (unpaired) electrons. The summed E-state index contributed by atoms with van der Waals surface area (Å²) in [6.45, 7) is 6.84. The Bertz CT molecular complexity index is 2370. The molecular weight excluding hydrogens is 835 g/mol. The summed E-state index contributed by atoms with van der Waals surface area (Å²) in [5, 5.41) is 0. The highest BCUT2D eigenvalue weighted by atomic mass is 32.2. The van der Waals surface area contributed by atoms with Crippen molar-refractivity contribution in [1.82, 2.24) is 19.6 Å². The number of Topliss-reactive ketones (excluding diaryl/α,β-unsaturated/α-hetero) is 1. The molecule has 8 atom stereocenters. The minimum Gasteiger partial charge on any atom is -0.497 e. The first-order valence-corrected chi connectivity index (χ1v) is 23.7. The van der Waals surface area contributed by atoms with Crippen molar-refractivity contribution in [2.24, 2.45) is 34.5 Å². The summed E-state index contributed by atoms with van der Waals surface area (Å²) in [4.78, 5) is 69.5. The third-order valence-electron chi connectivity index (χ3n) is 14.2. The van der Waals surface area contributed by atoms with Crippen LogP contribution in [0.1, 0.15) is 103 Å². The molecule has 5 aliphatic rings. The molecule has 3 aromatic rings. The van der Waals surface area contributed by atoms with E-state index in [4.69, 9.17) is 24.2 Å². The van der Waals surface area contributed by atoms with Gasteiger partial charge in [0.25, 0.3) is 0 Å². The van der Waals surface area contributed by atoms with Gasteiger partial charge in [0.05, 0.1) is 53.2 Å². The Kier molecular flexibility index (Phi) is 12.1. The molecule has 16 heteroatoms. The zero-order valence-corrected chi connectivity index (χ0v) is 37.4. The van der Waals surface area contributed by atoms with E-state index in [1.807, 2.05) is 57.2 Å². The Morgan fingerprint density at radius 1 is 1.00 bits per heavy atom. The van der Waals surface area contributed by atoms with Crippen LogP contribution < -0.4 is 14.2 Å². The van der Waals surface area contributed by atoms with Gasteiger partial charge in [0.2, 0.25) is 34.1 Å². The lowest BCUT2D eigenvalue weighted by atomic mass is 9.77. The van der Waals surface area contributed by atoms with E-state index in [2.05, 4.69) is 4.72 Å². The molecule has 3 aliphatic carbocycles. The molecule has 340 valence electrons. The highest BCUT2D eigenvalue weighted by molar-refractivity contribution is 7.91. The maximum atomic E-state index is 15.3. The fraction of sp³-hybridized carbons (Fsp3) is 0.617. The van der Waals surface area contributed by atoms with E-state index in [-0.39, 0.29) is 37.3 Å². The number of amides is 2. The number of methoxy groups -OCH3 is 1. The van der Waals surface area contributed by atoms with Gasteiger partial charge in [-0.05, 0) is 87.3 Å². The quantitative estimate of drug-likeness (QED) is 0.213. The Labute approximate surface area is 367 Å². The number of esters is 1. The first-order chi connectivity index (χ1) is 29.8. The highest BCUT2D eigenvalue weighted by Gasteiger charge is 2.67. The summed E-state index contributed by atoms with van der Waals surface area (Å²) < 4.78 is 75.0. The Hall–Kier alpha value is -4.73. The Morgan fingerprint density at radius 2 is 1.75 bits per heavy atom. The van der Waals surface area contributed by atoms with Crippen LogP contribution in [0, 0.1) is 34.5 Å². The van der Waals surface area contributed by atoms with Crippen LogP contribution in [0.15, 0.2) is 48.5 Å². The number of aromatic nitrogens is 2. The number of alkyl halides is 2. The topological polar surface area (TPSA) is 171 Å². The maximum absolute atomic E-state index is 15.3. The lowest BCUT2D eigenvalue weighted by Crippen LogP contribution is -2.50. The first kappa shape index (κ1) is 44.9. The number of nitrogens with zero attached hydrogens (tertiary/aromatic N) is 3. The summed E-state index contributed by atoms with van der Waals surface area (Å²) in [7, 11) is -2.68. The minimum absolute atomic E-state index is 0.138. The molecular formula is C47H58F2N4O9S. The van der Waals surface area contributed by atoms with Gasteiger partial charge in [-0.2, -0.15) is 0 Å². The number of aryl methyl sites for hydroxylation is 1. The fourth-order valence-electron chi connectivity index (χ4n) is 9.66. The number of ether oxygens (including phenoxy) is 3. The molecule has 2 aliphatic heterocycles. The number of hydrogen-bond acceptors (Lipinski definition) is 11. The van der Waals surface area contributed by atoms with E-state index < -0.39 is 98.3 Å². The van der Waals surface area contributed by atoms with Gasteiger partial charge in [0.15, 0.2) is 5.78 Å². The van der Waals surface area contributed by atoms with Crippen LogP contribution >= 0.6 is 0 Å². The third kappa shape index (κ3) is 9.28. The van der Waals surface area contributed by atoms with Crippen molar-refractivity contribution >= 4 is 44.6 Å². The molecule has 8 rings (SSSR count). The highest BCUT2D eigenvalue weighted by Crippen LogP contribution is 2.59. The van der Waals surface area contributed by atoms with Crippen LogP contribution in [0.3, 0.4) is 0 Å². The zero-order valence-electron chi connectivity index (χ0n) is 36.6. The van der Waals surface area contributed by atoms with Gasteiger partial charge in [-0.15, -0.1) is 0 Å². The van der Waals surface area contributed by atoms with E-state index in [0.717, 1.165) is 37.7 Å². The average Bonchev–Trinajstić information content (AvgIpc) is 4.18. The Balaban J connectivity index is 1.23. The van der Waals surface area contributed by atoms with Crippen molar-refractivity contribution in [2.75, 3.05) is 13.7 Å². The van der Waals surface area contributed by atoms with Gasteiger partial charge in [-0.3, -0.25) is 23.9 Å². The van der Waals surface area contributed by atoms with Gasteiger partial charge < -0.3 is 19.1 Å². The van der Waals surface area contributed by atoms with Gasteiger partial charge in [0, 0.05) is 24.3 Å². The number of halogens is 2. The van der Waals surface area contributed by atoms with Crippen LogP contribution in [0.5, 0.6) is 11.6 Å². The summed E-state index contributed by atoms with van der Waals surface area (Å²) in [5.41, 5.74) is -0.279. The van der Waals surface area contributed by atoms with Crippen molar-refractivity contribution in [3.63, 3.8) is 0 Å². The molecule has 1 saturated heterocycles. The molecule has 3 heterocycles. The number of fused-ring (bicyclic) bond motifs is 5. The average molecular weight is 893 g/mol. The lowest BCUT2D eigenvalue weighted by Gasteiger charge is -2.35. The first-order valence-electron chi connectivity index (χ1n) is 22.3. The van der Waals surface area contributed by atoms with Crippen LogP contribution in [0.25, 0.3) is 11.0 Å². The van der Waals surface area contributed by atoms with E-state index in [0.29, 0.717) is 41.7 Å². The van der Waals surface area contributed by atoms with E-state index >= 15 is 9.59 Å². The number of ketones is 1. The van der Waals surface area contributed by atoms with Crippen LogP contribution in [-0.2, 0) is 46.8 Å². The second kappa shape index (κ2) is 17.0. The molecule has 0 spiro atoms. The SMILES string of the molecule is COc1ccc2nc3c(nc2c1)O[C@H]1CN(C(=O)[C@H](C(C)(C)C)CC(=O)O[C@@H]2C[C@H]2CCCCC3)[C@H](C(=O)C[C@]2(C(=O)NS(=O)(=O)C3(C)CC3)C[C@H]2C(F)F)[C@@H]1Cc1ccccc1. The van der Waals surface area contributed by atoms with E-state index in [9.17, 15) is 26.8 Å². The summed E-state index contributed by atoms with van der Waals surface area (Å²) in [6, 6.07) is 13.3. The zero-order chi connectivity index (χ0) is 45.1. The number of hydrogen-bond donors (Lipinski definition) is 1. The summed E-state index contributed by atoms with van der Waals surface area (Å²) in [6.07, 6.45) is 0.0219. The van der Waals surface area contributed by atoms with Gasteiger partial charge >= 0.3 is 5.97 Å². The number of sulfonamides is 1. The summed E-state index contributed by atoms with van der Waals surface area (Å²) >= 11 is 0. The molecule has 1 aromatic heterocycles. The van der Waals surface area contributed by atoms with E-state index in [1.165, 1.54) is 11.8 Å². The Morgan fingerprint density at radius 3 is 2.41 bits per heavy atom. The van der Waals surface area contributed by atoms with Gasteiger partial charge in [-0.1, -0.05) is 63.9 Å². The van der Waals surface area contributed by atoms with Crippen LogP contribution in [0.4, 0.5) is 8.78 Å². The van der Waals surface area contributed by atoms with Crippen LogP contribution in [0.2, 0.25) is 0 Å². The van der Waals surface area contributed by atoms with Gasteiger partial charge in [-0.25, -0.2) is 27.2 Å². The standard InChI is InChI=1S/C47H58F2N4O9S/c1-45(2,3)31-23-39(55)61-37-21-28(37)14-10-7-11-15-34-42(51-35-22-29(60-5)16-17-33(35)50-34)62-38-26-53(43(31)56)40(30(38)20-27-12-8-6-9-13-27)36(54)25-47(24-32(47)41(48)49)44(57)52-63(58,59)46(4)18-19-46/h6,8-9,12-13,16-17,22,28,30-32,37-38,40-41H,7,10-11,14-15,18-21,23-26H2,1-5H3,(H,52,57)/t28-,30-,31-,32+,37-,38+,40+,47-/m1/s1. The molecule has 63 heavy (non-hydrogen) atoms. The smallest absolute Gasteiger partial charge is 0.306 e. The number of carbonyl (C=O) groups is 4. The minimum atomic E-state index is -4.23. The predicted octanol–water partition coefficient (Wildman–Crippen LogP) is 6.79. The molecule has 2 bridgehead atoms. The normalized spacial score (nSPS) is 29.7. The second-order valence-corrected chi connectivity index (χ2v) is 22.0. The number of benzene rings is 2.